The van der Waals surface area contributed by atoms with Gasteiger partial charge in [-0.2, -0.15) is 13.2 Å². The van der Waals surface area contributed by atoms with Gasteiger partial charge in [0.1, 0.15) is 5.60 Å². The third-order valence-electron chi connectivity index (χ3n) is 4.75. The molecule has 2 heterocycles. The number of amides is 1. The van der Waals surface area contributed by atoms with E-state index in [0.29, 0.717) is 25.6 Å². The lowest BCUT2D eigenvalue weighted by Crippen LogP contribution is -2.65. The summed E-state index contributed by atoms with van der Waals surface area (Å²) in [6.45, 7) is 7.61. The molecule has 0 aromatic heterocycles. The molecule has 2 fully saturated rings. The molecule has 0 radical (unpaired) electrons. The molecule has 1 spiro atoms. The molecule has 1 amide bonds. The molecule has 1 N–H and O–H groups in total. The second-order valence-electron chi connectivity index (χ2n) is 8.31. The number of ether oxygens (including phenoxy) is 1. The molecular weight excluding hydrogens is 335 g/mol. The van der Waals surface area contributed by atoms with Crippen LogP contribution in [0, 0.1) is 11.3 Å². The Morgan fingerprint density at radius 3 is 2.44 bits per heavy atom. The molecule has 0 unspecified atom stereocenters. The highest BCUT2D eigenvalue weighted by Gasteiger charge is 2.54. The SMILES string of the molecule is CC(C)(C)OC(=O)N1CC2(CC(CN3C=CC(C(F)(F)F)=CN3)C2)C1. The van der Waals surface area contributed by atoms with E-state index in [0.717, 1.165) is 25.1 Å². The van der Waals surface area contributed by atoms with Gasteiger partial charge in [-0.05, 0) is 45.6 Å². The number of likely N-dealkylation sites (tertiary alicyclic amines) is 1. The van der Waals surface area contributed by atoms with E-state index < -0.39 is 17.4 Å². The first-order chi connectivity index (χ1) is 11.5. The van der Waals surface area contributed by atoms with E-state index in [1.54, 1.807) is 9.91 Å². The molecule has 1 saturated carbocycles. The van der Waals surface area contributed by atoms with Crippen molar-refractivity contribution in [1.29, 1.82) is 0 Å². The van der Waals surface area contributed by atoms with Crippen molar-refractivity contribution in [3.05, 3.63) is 24.0 Å². The van der Waals surface area contributed by atoms with Gasteiger partial charge < -0.3 is 15.1 Å². The van der Waals surface area contributed by atoms with Gasteiger partial charge in [0.25, 0.3) is 0 Å². The molecule has 2 aliphatic heterocycles. The van der Waals surface area contributed by atoms with Crippen LogP contribution in [0.15, 0.2) is 24.0 Å². The third-order valence-corrected chi connectivity index (χ3v) is 4.75. The predicted molar refractivity (Wildman–Crippen MR) is 86.1 cm³/mol. The minimum Gasteiger partial charge on any atom is -0.444 e. The van der Waals surface area contributed by atoms with E-state index in [9.17, 15) is 18.0 Å². The zero-order valence-corrected chi connectivity index (χ0v) is 14.7. The number of carbonyl (C=O) groups excluding carboxylic acids is 1. The summed E-state index contributed by atoms with van der Waals surface area (Å²) in [5.74, 6) is 0.416. The number of halogens is 3. The van der Waals surface area contributed by atoms with Gasteiger partial charge in [0.15, 0.2) is 0 Å². The normalized spacial score (nSPS) is 22.9. The zero-order chi connectivity index (χ0) is 18.5. The van der Waals surface area contributed by atoms with Crippen LogP contribution in [0.4, 0.5) is 18.0 Å². The Kier molecular flexibility index (Phi) is 4.20. The minimum absolute atomic E-state index is 0.175. The first kappa shape index (κ1) is 17.9. The van der Waals surface area contributed by atoms with Crippen LogP contribution in [0.5, 0.6) is 0 Å². The third kappa shape index (κ3) is 4.04. The first-order valence-electron chi connectivity index (χ1n) is 8.42. The summed E-state index contributed by atoms with van der Waals surface area (Å²) >= 11 is 0. The largest absolute Gasteiger partial charge is 0.444 e. The fraction of sp³-hybridized carbons (Fsp3) is 0.706. The highest BCUT2D eigenvalue weighted by Crippen LogP contribution is 2.52. The molecule has 0 bridgehead atoms. The van der Waals surface area contributed by atoms with E-state index in [1.165, 1.54) is 6.20 Å². The molecule has 3 aliphatic rings. The fourth-order valence-electron chi connectivity index (χ4n) is 3.75. The molecule has 140 valence electrons. The van der Waals surface area contributed by atoms with E-state index in [-0.39, 0.29) is 11.5 Å². The van der Waals surface area contributed by atoms with E-state index in [4.69, 9.17) is 4.74 Å². The van der Waals surface area contributed by atoms with E-state index in [2.05, 4.69) is 5.43 Å². The molecule has 8 heteroatoms. The average molecular weight is 359 g/mol. The van der Waals surface area contributed by atoms with E-state index >= 15 is 0 Å². The van der Waals surface area contributed by atoms with Crippen molar-refractivity contribution >= 4 is 6.09 Å². The van der Waals surface area contributed by atoms with Gasteiger partial charge in [-0.3, -0.25) is 5.01 Å². The van der Waals surface area contributed by atoms with Crippen molar-refractivity contribution in [2.24, 2.45) is 11.3 Å². The number of rotatable bonds is 2. The van der Waals surface area contributed by atoms with E-state index in [1.807, 2.05) is 20.8 Å². The lowest BCUT2D eigenvalue weighted by atomic mass is 9.58. The van der Waals surface area contributed by atoms with Crippen LogP contribution in [-0.2, 0) is 4.74 Å². The topological polar surface area (TPSA) is 44.8 Å². The number of hydrogen-bond donors (Lipinski definition) is 1. The molecular formula is C17H24F3N3O2. The number of alkyl halides is 3. The quantitative estimate of drug-likeness (QED) is 0.821. The summed E-state index contributed by atoms with van der Waals surface area (Å²) in [6.07, 6.45) is 0.865. The monoisotopic (exact) mass is 359 g/mol. The second kappa shape index (κ2) is 5.85. The lowest BCUT2D eigenvalue weighted by molar-refractivity contribution is -0.101. The predicted octanol–water partition coefficient (Wildman–Crippen LogP) is 3.41. The molecule has 0 aromatic carbocycles. The van der Waals surface area contributed by atoms with Crippen LogP contribution in [0.25, 0.3) is 0 Å². The van der Waals surface area contributed by atoms with Gasteiger partial charge in [-0.15, -0.1) is 0 Å². The number of allylic oxidation sites excluding steroid dienone is 2. The maximum absolute atomic E-state index is 12.5. The van der Waals surface area contributed by atoms with Gasteiger partial charge in [0.05, 0.1) is 5.57 Å². The molecule has 1 saturated heterocycles. The molecule has 3 rings (SSSR count). The van der Waals surface area contributed by atoms with Gasteiger partial charge in [0.2, 0.25) is 0 Å². The number of nitrogens with one attached hydrogen (secondary N) is 1. The molecule has 5 nitrogen and oxygen atoms in total. The number of nitrogens with zero attached hydrogens (tertiary/aromatic N) is 2. The Balaban J connectivity index is 1.39. The van der Waals surface area contributed by atoms with Crippen LogP contribution in [0.2, 0.25) is 0 Å². The summed E-state index contributed by atoms with van der Waals surface area (Å²) in [7, 11) is 0. The summed E-state index contributed by atoms with van der Waals surface area (Å²) in [4.78, 5) is 13.7. The Hall–Kier alpha value is -1.86. The number of hydrogen-bond acceptors (Lipinski definition) is 4. The van der Waals surface area contributed by atoms with Crippen LogP contribution in [-0.4, -0.2) is 47.4 Å². The minimum atomic E-state index is -4.33. The summed E-state index contributed by atoms with van der Waals surface area (Å²) in [6, 6.07) is 0. The molecule has 0 atom stereocenters. The van der Waals surface area contributed by atoms with Gasteiger partial charge in [-0.1, -0.05) is 0 Å². The van der Waals surface area contributed by atoms with Gasteiger partial charge in [-0.25, -0.2) is 4.79 Å². The maximum atomic E-state index is 12.5. The van der Waals surface area contributed by atoms with Gasteiger partial charge in [0, 0.05) is 37.4 Å². The fourth-order valence-corrected chi connectivity index (χ4v) is 3.75. The van der Waals surface area contributed by atoms with Crippen molar-refractivity contribution < 1.29 is 22.7 Å². The zero-order valence-electron chi connectivity index (χ0n) is 14.7. The van der Waals surface area contributed by atoms with Crippen molar-refractivity contribution in [2.45, 2.75) is 45.4 Å². The average Bonchev–Trinajstić information content (AvgIpc) is 2.37. The van der Waals surface area contributed by atoms with Crippen molar-refractivity contribution in [2.75, 3.05) is 19.6 Å². The summed E-state index contributed by atoms with van der Waals surface area (Å²) < 4.78 is 43.0. The van der Waals surface area contributed by atoms with Gasteiger partial charge >= 0.3 is 12.3 Å². The Morgan fingerprint density at radius 2 is 1.96 bits per heavy atom. The van der Waals surface area contributed by atoms with Crippen LogP contribution in [0.3, 0.4) is 0 Å². The Labute approximate surface area is 145 Å². The standard InChI is InChI=1S/C17H24F3N3O2/c1-15(2,3)25-14(24)22-10-16(11-22)6-12(7-16)9-23-5-4-13(8-21-23)17(18,19)20/h4-5,8,12,21H,6-7,9-11H2,1-3H3. The number of carbonyl (C=O) groups is 1. The van der Waals surface area contributed by atoms with Crippen LogP contribution in [0.1, 0.15) is 33.6 Å². The maximum Gasteiger partial charge on any atom is 0.417 e. The highest BCUT2D eigenvalue weighted by molar-refractivity contribution is 5.69. The van der Waals surface area contributed by atoms with Crippen LogP contribution >= 0.6 is 0 Å². The summed E-state index contributed by atoms with van der Waals surface area (Å²) in [5, 5.41) is 1.68. The van der Waals surface area contributed by atoms with Crippen molar-refractivity contribution in [3.8, 4) is 0 Å². The molecule has 0 aromatic rings. The summed E-state index contributed by atoms with van der Waals surface area (Å²) in [5.41, 5.74) is 1.68. The smallest absolute Gasteiger partial charge is 0.417 e. The Bertz CT molecular complexity index is 593. The van der Waals surface area contributed by atoms with Crippen LogP contribution < -0.4 is 5.43 Å². The Morgan fingerprint density at radius 1 is 1.32 bits per heavy atom. The second-order valence-corrected chi connectivity index (χ2v) is 8.31. The number of hydrazine groups is 1. The first-order valence-corrected chi connectivity index (χ1v) is 8.42. The molecule has 25 heavy (non-hydrogen) atoms. The highest BCUT2D eigenvalue weighted by atomic mass is 19.4. The lowest BCUT2D eigenvalue weighted by Gasteiger charge is -2.59. The van der Waals surface area contributed by atoms with Crippen molar-refractivity contribution in [1.82, 2.24) is 15.3 Å². The van der Waals surface area contributed by atoms with Crippen molar-refractivity contribution in [3.63, 3.8) is 0 Å². The molecule has 1 aliphatic carbocycles.